The first-order valence-corrected chi connectivity index (χ1v) is 5.51. The molecule has 0 saturated heterocycles. The van der Waals surface area contributed by atoms with E-state index in [9.17, 15) is 0 Å². The maximum atomic E-state index is 5.95. The van der Waals surface area contributed by atoms with E-state index in [2.05, 4.69) is 25.2 Å². The lowest BCUT2D eigenvalue weighted by atomic mass is 10.1. The van der Waals surface area contributed by atoms with Gasteiger partial charge in [0, 0.05) is 12.1 Å². The topological polar surface area (TPSA) is 47.3 Å². The number of methoxy groups -OCH3 is 1. The minimum absolute atomic E-state index is 0.234. The molecule has 0 fully saturated rings. The van der Waals surface area contributed by atoms with Crippen LogP contribution < -0.4 is 15.8 Å². The van der Waals surface area contributed by atoms with Gasteiger partial charge < -0.3 is 15.8 Å². The zero-order chi connectivity index (χ0) is 12.3. The maximum Gasteiger partial charge on any atom is 0.142 e. The molecule has 0 atom stereocenters. The first-order chi connectivity index (χ1) is 7.33. The van der Waals surface area contributed by atoms with Crippen molar-refractivity contribution in [3.8, 4) is 5.75 Å². The van der Waals surface area contributed by atoms with Gasteiger partial charge in [-0.1, -0.05) is 6.07 Å². The van der Waals surface area contributed by atoms with E-state index in [0.717, 1.165) is 11.4 Å². The second kappa shape index (κ2) is 4.74. The van der Waals surface area contributed by atoms with Crippen LogP contribution >= 0.6 is 0 Å². The molecule has 0 aliphatic rings. The van der Waals surface area contributed by atoms with Crippen LogP contribution in [0.4, 0.5) is 5.69 Å². The summed E-state index contributed by atoms with van der Waals surface area (Å²) in [6.07, 6.45) is 0. The van der Waals surface area contributed by atoms with Crippen LogP contribution in [0.2, 0.25) is 0 Å². The van der Waals surface area contributed by atoms with Crippen molar-refractivity contribution in [3.05, 3.63) is 23.3 Å². The van der Waals surface area contributed by atoms with E-state index in [1.54, 1.807) is 7.11 Å². The fraction of sp³-hybridized carbons (Fsp3) is 0.538. The number of nitrogens with two attached hydrogens (primary N) is 1. The van der Waals surface area contributed by atoms with E-state index in [0.29, 0.717) is 6.54 Å². The molecule has 16 heavy (non-hydrogen) atoms. The summed E-state index contributed by atoms with van der Waals surface area (Å²) in [6.45, 7) is 8.84. The second-order valence-corrected chi connectivity index (χ2v) is 5.00. The predicted molar refractivity (Wildman–Crippen MR) is 69.2 cm³/mol. The summed E-state index contributed by atoms with van der Waals surface area (Å²) in [5.74, 6) is 0.877. The van der Waals surface area contributed by atoms with Crippen molar-refractivity contribution >= 4 is 5.69 Å². The van der Waals surface area contributed by atoms with Crippen LogP contribution in [0.15, 0.2) is 12.1 Å². The summed E-state index contributed by atoms with van der Waals surface area (Å²) in [4.78, 5) is 0. The Kier molecular flexibility index (Phi) is 3.81. The van der Waals surface area contributed by atoms with Gasteiger partial charge in [-0.2, -0.15) is 0 Å². The minimum atomic E-state index is -0.234. The molecule has 1 aromatic carbocycles. The number of hydrogen-bond donors (Lipinski definition) is 2. The fourth-order valence-corrected chi connectivity index (χ4v) is 1.63. The monoisotopic (exact) mass is 222 g/mol. The summed E-state index contributed by atoms with van der Waals surface area (Å²) in [7, 11) is 1.69. The highest BCUT2D eigenvalue weighted by atomic mass is 16.5. The lowest BCUT2D eigenvalue weighted by molar-refractivity contribution is 0.415. The first kappa shape index (κ1) is 12.8. The van der Waals surface area contributed by atoms with Gasteiger partial charge in [-0.15, -0.1) is 0 Å². The molecule has 0 saturated carbocycles. The highest BCUT2D eigenvalue weighted by molar-refractivity contribution is 5.63. The molecule has 0 aliphatic carbocycles. The van der Waals surface area contributed by atoms with Gasteiger partial charge in [-0.05, 0) is 44.9 Å². The van der Waals surface area contributed by atoms with Gasteiger partial charge in [0.2, 0.25) is 0 Å². The van der Waals surface area contributed by atoms with Crippen molar-refractivity contribution in [1.82, 2.24) is 0 Å². The van der Waals surface area contributed by atoms with Crippen LogP contribution in [0.3, 0.4) is 0 Å². The summed E-state index contributed by atoms with van der Waals surface area (Å²) in [6, 6.07) is 4.16. The van der Waals surface area contributed by atoms with E-state index < -0.39 is 0 Å². The fourth-order valence-electron chi connectivity index (χ4n) is 1.63. The van der Waals surface area contributed by atoms with Crippen LogP contribution in [0, 0.1) is 13.8 Å². The third-order valence-corrected chi connectivity index (χ3v) is 2.38. The highest BCUT2D eigenvalue weighted by Gasteiger charge is 2.13. The molecule has 3 N–H and O–H groups in total. The molecule has 3 heteroatoms. The third-order valence-electron chi connectivity index (χ3n) is 2.38. The Bertz CT molecular complexity index is 367. The van der Waals surface area contributed by atoms with Gasteiger partial charge in [0.15, 0.2) is 0 Å². The molecule has 0 aromatic heterocycles. The average molecular weight is 222 g/mol. The van der Waals surface area contributed by atoms with Crippen molar-refractivity contribution in [2.75, 3.05) is 19.0 Å². The minimum Gasteiger partial charge on any atom is -0.495 e. The lowest BCUT2D eigenvalue weighted by Crippen LogP contribution is -2.39. The molecule has 3 nitrogen and oxygen atoms in total. The zero-order valence-corrected chi connectivity index (χ0v) is 10.8. The zero-order valence-electron chi connectivity index (χ0n) is 10.8. The Labute approximate surface area is 98.0 Å². The Hall–Kier alpha value is -1.22. The van der Waals surface area contributed by atoms with Crippen LogP contribution in [0.25, 0.3) is 0 Å². The van der Waals surface area contributed by atoms with Crippen LogP contribution in [-0.2, 0) is 0 Å². The van der Waals surface area contributed by atoms with E-state index >= 15 is 0 Å². The lowest BCUT2D eigenvalue weighted by Gasteiger charge is -2.22. The van der Waals surface area contributed by atoms with Gasteiger partial charge in [0.25, 0.3) is 0 Å². The molecular weight excluding hydrogens is 200 g/mol. The van der Waals surface area contributed by atoms with Crippen LogP contribution in [0.1, 0.15) is 25.0 Å². The van der Waals surface area contributed by atoms with Crippen molar-refractivity contribution in [2.45, 2.75) is 33.2 Å². The number of aryl methyl sites for hydroxylation is 2. The second-order valence-electron chi connectivity index (χ2n) is 5.00. The Morgan fingerprint density at radius 3 is 2.44 bits per heavy atom. The molecule has 0 aliphatic heterocycles. The average Bonchev–Trinajstić information content (AvgIpc) is 2.13. The maximum absolute atomic E-state index is 5.95. The van der Waals surface area contributed by atoms with E-state index in [1.807, 2.05) is 19.9 Å². The van der Waals surface area contributed by atoms with E-state index in [-0.39, 0.29) is 5.54 Å². The van der Waals surface area contributed by atoms with Gasteiger partial charge >= 0.3 is 0 Å². The number of benzene rings is 1. The van der Waals surface area contributed by atoms with Gasteiger partial charge in [-0.25, -0.2) is 0 Å². The summed E-state index contributed by atoms with van der Waals surface area (Å²) in [5, 5.41) is 3.35. The van der Waals surface area contributed by atoms with Gasteiger partial charge in [0.1, 0.15) is 5.75 Å². The summed E-state index contributed by atoms with van der Waals surface area (Å²) in [5.41, 5.74) is 9.13. The van der Waals surface area contributed by atoms with E-state index in [1.165, 1.54) is 11.1 Å². The standard InChI is InChI=1S/C13H22N2O/c1-9-6-10(2)12(11(7-9)16-5)15-8-13(3,4)14/h6-7,15H,8,14H2,1-5H3. The number of anilines is 1. The third kappa shape index (κ3) is 3.42. The number of hydrogen-bond acceptors (Lipinski definition) is 3. The van der Waals surface area contributed by atoms with Crippen molar-refractivity contribution < 1.29 is 4.74 Å². The predicted octanol–water partition coefficient (Wildman–Crippen LogP) is 2.46. The molecule has 0 radical (unpaired) electrons. The molecule has 1 aromatic rings. The Balaban J connectivity index is 2.94. The van der Waals surface area contributed by atoms with Gasteiger partial charge in [0.05, 0.1) is 12.8 Å². The normalized spacial score (nSPS) is 11.4. The molecule has 0 heterocycles. The molecule has 0 unspecified atom stereocenters. The molecule has 0 spiro atoms. The molecule has 90 valence electrons. The molecular formula is C13H22N2O. The number of nitrogens with one attached hydrogen (secondary N) is 1. The largest absolute Gasteiger partial charge is 0.495 e. The SMILES string of the molecule is COc1cc(C)cc(C)c1NCC(C)(C)N. The van der Waals surface area contributed by atoms with Crippen molar-refractivity contribution in [2.24, 2.45) is 5.73 Å². The smallest absolute Gasteiger partial charge is 0.142 e. The summed E-state index contributed by atoms with van der Waals surface area (Å²) >= 11 is 0. The van der Waals surface area contributed by atoms with Gasteiger partial charge in [-0.3, -0.25) is 0 Å². The Morgan fingerprint density at radius 2 is 1.94 bits per heavy atom. The first-order valence-electron chi connectivity index (χ1n) is 5.51. The highest BCUT2D eigenvalue weighted by Crippen LogP contribution is 2.29. The Morgan fingerprint density at radius 1 is 1.31 bits per heavy atom. The van der Waals surface area contributed by atoms with Crippen molar-refractivity contribution in [1.29, 1.82) is 0 Å². The van der Waals surface area contributed by atoms with E-state index in [4.69, 9.17) is 10.5 Å². The van der Waals surface area contributed by atoms with Crippen molar-refractivity contribution in [3.63, 3.8) is 0 Å². The van der Waals surface area contributed by atoms with Crippen LogP contribution in [0.5, 0.6) is 5.75 Å². The molecule has 1 rings (SSSR count). The molecule has 0 amide bonds. The quantitative estimate of drug-likeness (QED) is 0.822. The number of ether oxygens (including phenoxy) is 1. The van der Waals surface area contributed by atoms with Crippen LogP contribution in [-0.4, -0.2) is 19.2 Å². The summed E-state index contributed by atoms with van der Waals surface area (Å²) < 4.78 is 5.37. The molecule has 0 bridgehead atoms. The number of rotatable bonds is 4.